The predicted molar refractivity (Wildman–Crippen MR) is 68.4 cm³/mol. The molecule has 6 nitrogen and oxygen atoms in total. The van der Waals surface area contributed by atoms with Crippen LogP contribution in [-0.4, -0.2) is 72.1 Å². The fourth-order valence-electron chi connectivity index (χ4n) is 2.10. The van der Waals surface area contributed by atoms with Gasteiger partial charge >= 0.3 is 5.97 Å². The highest BCUT2D eigenvalue weighted by molar-refractivity contribution is 5.79. The molecule has 1 saturated heterocycles. The summed E-state index contributed by atoms with van der Waals surface area (Å²) in [6, 6.07) is -0.313. The van der Waals surface area contributed by atoms with Gasteiger partial charge in [-0.15, -0.1) is 0 Å². The molecule has 104 valence electrons. The normalized spacial score (nSPS) is 19.4. The summed E-state index contributed by atoms with van der Waals surface area (Å²) in [4.78, 5) is 26.6. The van der Waals surface area contributed by atoms with Crippen molar-refractivity contribution < 1.29 is 14.7 Å². The molecule has 0 aromatic heterocycles. The summed E-state index contributed by atoms with van der Waals surface area (Å²) < 4.78 is 0. The van der Waals surface area contributed by atoms with Gasteiger partial charge in [0, 0.05) is 32.2 Å². The van der Waals surface area contributed by atoms with Crippen LogP contribution in [-0.2, 0) is 9.59 Å². The number of hydrogen-bond donors (Lipinski definition) is 2. The molecule has 0 saturated carbocycles. The van der Waals surface area contributed by atoms with E-state index in [1.165, 1.54) is 0 Å². The van der Waals surface area contributed by atoms with E-state index in [2.05, 4.69) is 22.0 Å². The van der Waals surface area contributed by atoms with Gasteiger partial charge in [0.1, 0.15) is 0 Å². The average molecular weight is 257 g/mol. The van der Waals surface area contributed by atoms with Crippen LogP contribution in [0.15, 0.2) is 0 Å². The van der Waals surface area contributed by atoms with E-state index in [1.807, 2.05) is 0 Å². The maximum Gasteiger partial charge on any atom is 0.305 e. The number of piperazine rings is 1. The number of amides is 1. The molecule has 1 atom stereocenters. The van der Waals surface area contributed by atoms with Gasteiger partial charge in [-0.25, -0.2) is 0 Å². The zero-order valence-corrected chi connectivity index (χ0v) is 11.2. The molecule has 1 amide bonds. The van der Waals surface area contributed by atoms with Crippen LogP contribution in [0, 0.1) is 0 Å². The third-order valence-corrected chi connectivity index (χ3v) is 3.17. The Hall–Kier alpha value is -1.14. The van der Waals surface area contributed by atoms with E-state index in [-0.39, 0.29) is 18.4 Å². The summed E-state index contributed by atoms with van der Waals surface area (Å²) in [5.41, 5.74) is 0. The van der Waals surface area contributed by atoms with Crippen molar-refractivity contribution in [2.45, 2.75) is 26.3 Å². The fourth-order valence-corrected chi connectivity index (χ4v) is 2.10. The Kier molecular flexibility index (Phi) is 6.07. The largest absolute Gasteiger partial charge is 0.481 e. The van der Waals surface area contributed by atoms with E-state index in [1.54, 1.807) is 6.92 Å². The van der Waals surface area contributed by atoms with Crippen LogP contribution in [0.2, 0.25) is 0 Å². The number of carboxylic acids is 1. The average Bonchev–Trinajstić information content (AvgIpc) is 2.28. The van der Waals surface area contributed by atoms with Crippen LogP contribution in [0.4, 0.5) is 0 Å². The number of carbonyl (C=O) groups excluding carboxylic acids is 1. The van der Waals surface area contributed by atoms with Crippen molar-refractivity contribution in [2.24, 2.45) is 0 Å². The molecule has 0 bridgehead atoms. The molecule has 2 N–H and O–H groups in total. The maximum absolute atomic E-state index is 11.7. The van der Waals surface area contributed by atoms with Crippen molar-refractivity contribution in [3.63, 3.8) is 0 Å². The van der Waals surface area contributed by atoms with Crippen molar-refractivity contribution in [1.82, 2.24) is 15.1 Å². The summed E-state index contributed by atoms with van der Waals surface area (Å²) in [7, 11) is 0. The molecule has 18 heavy (non-hydrogen) atoms. The molecule has 1 rings (SSSR count). The fraction of sp³-hybridized carbons (Fsp3) is 0.833. The summed E-state index contributed by atoms with van der Waals surface area (Å²) in [6.07, 6.45) is -0.0324. The molecule has 1 fully saturated rings. The molecule has 0 unspecified atom stereocenters. The second-order valence-electron chi connectivity index (χ2n) is 4.78. The van der Waals surface area contributed by atoms with E-state index in [9.17, 15) is 9.59 Å². The first kappa shape index (κ1) is 14.9. The van der Waals surface area contributed by atoms with E-state index in [4.69, 9.17) is 5.11 Å². The molecule has 1 heterocycles. The Balaban J connectivity index is 2.22. The minimum Gasteiger partial charge on any atom is -0.481 e. The molecule has 0 spiro atoms. The number of rotatable bonds is 6. The van der Waals surface area contributed by atoms with Crippen LogP contribution in [0.3, 0.4) is 0 Å². The first-order valence-electron chi connectivity index (χ1n) is 6.47. The first-order chi connectivity index (χ1) is 8.51. The lowest BCUT2D eigenvalue weighted by atomic mass is 10.2. The van der Waals surface area contributed by atoms with Gasteiger partial charge in [0.2, 0.25) is 5.91 Å². The number of likely N-dealkylation sites (N-methyl/N-ethyl adjacent to an activating group) is 1. The number of carbonyl (C=O) groups is 2. The molecule has 0 aromatic rings. The second-order valence-corrected chi connectivity index (χ2v) is 4.78. The summed E-state index contributed by atoms with van der Waals surface area (Å²) in [5.74, 6) is -0.979. The molecule has 1 aliphatic heterocycles. The highest BCUT2D eigenvalue weighted by Crippen LogP contribution is 2.00. The number of nitrogens with zero attached hydrogens (tertiary/aromatic N) is 2. The third-order valence-electron chi connectivity index (χ3n) is 3.17. The Morgan fingerprint density at radius 1 is 1.22 bits per heavy atom. The van der Waals surface area contributed by atoms with E-state index >= 15 is 0 Å². The van der Waals surface area contributed by atoms with Gasteiger partial charge in [-0.05, 0) is 13.5 Å². The minimum absolute atomic E-state index is 0.0324. The lowest BCUT2D eigenvalue weighted by Crippen LogP contribution is -2.50. The van der Waals surface area contributed by atoms with Gasteiger partial charge in [0.15, 0.2) is 0 Å². The molecular formula is C12H23N3O3. The molecule has 1 aliphatic rings. The van der Waals surface area contributed by atoms with Crippen LogP contribution in [0.1, 0.15) is 20.3 Å². The summed E-state index contributed by atoms with van der Waals surface area (Å²) in [6.45, 7) is 9.04. The van der Waals surface area contributed by atoms with Gasteiger partial charge in [-0.3, -0.25) is 14.5 Å². The lowest BCUT2D eigenvalue weighted by Gasteiger charge is -2.33. The maximum atomic E-state index is 11.7. The Bertz CT molecular complexity index is 288. The molecule has 6 heteroatoms. The first-order valence-corrected chi connectivity index (χ1v) is 6.47. The van der Waals surface area contributed by atoms with Crippen LogP contribution in [0.25, 0.3) is 0 Å². The van der Waals surface area contributed by atoms with Crippen molar-refractivity contribution in [2.75, 3.05) is 39.3 Å². The number of nitrogens with one attached hydrogen (secondary N) is 1. The monoisotopic (exact) mass is 257 g/mol. The lowest BCUT2D eigenvalue weighted by molar-refractivity contribution is -0.137. The molecule has 0 aromatic carbocycles. The van der Waals surface area contributed by atoms with Gasteiger partial charge in [-0.1, -0.05) is 6.92 Å². The van der Waals surface area contributed by atoms with Crippen molar-refractivity contribution in [1.29, 1.82) is 0 Å². The number of aliphatic carboxylic acids is 1. The van der Waals surface area contributed by atoms with E-state index < -0.39 is 5.97 Å². The van der Waals surface area contributed by atoms with Gasteiger partial charge in [-0.2, -0.15) is 0 Å². The molecule has 0 aliphatic carbocycles. The van der Waals surface area contributed by atoms with Crippen molar-refractivity contribution in [3.05, 3.63) is 0 Å². The van der Waals surface area contributed by atoms with Gasteiger partial charge in [0.05, 0.1) is 13.0 Å². The standard InChI is InChI=1S/C12H23N3O3/c1-3-14-4-6-15(7-5-14)9-11(16)13-10(2)8-12(17)18/h10H,3-9H2,1-2H3,(H,13,16)(H,17,18)/t10-/m0/s1. The number of carboxylic acid groups (broad SMARTS) is 1. The quantitative estimate of drug-likeness (QED) is 0.677. The molecule has 0 radical (unpaired) electrons. The van der Waals surface area contributed by atoms with E-state index in [0.717, 1.165) is 32.7 Å². The molecular weight excluding hydrogens is 234 g/mol. The zero-order valence-electron chi connectivity index (χ0n) is 11.2. The Morgan fingerprint density at radius 3 is 2.28 bits per heavy atom. The highest BCUT2D eigenvalue weighted by atomic mass is 16.4. The highest BCUT2D eigenvalue weighted by Gasteiger charge is 2.18. The SMILES string of the molecule is CCN1CCN(CC(=O)N[C@@H](C)CC(=O)O)CC1. The Morgan fingerprint density at radius 2 is 1.78 bits per heavy atom. The Labute approximate surface area is 108 Å². The van der Waals surface area contributed by atoms with Gasteiger partial charge in [0.25, 0.3) is 0 Å². The third kappa shape index (κ3) is 5.46. The predicted octanol–water partition coefficient (Wildman–Crippen LogP) is -0.397. The zero-order chi connectivity index (χ0) is 13.5. The minimum atomic E-state index is -0.889. The summed E-state index contributed by atoms with van der Waals surface area (Å²) in [5, 5.41) is 11.3. The van der Waals surface area contributed by atoms with Crippen LogP contribution >= 0.6 is 0 Å². The van der Waals surface area contributed by atoms with Crippen molar-refractivity contribution >= 4 is 11.9 Å². The van der Waals surface area contributed by atoms with Crippen LogP contribution < -0.4 is 5.32 Å². The number of hydrogen-bond acceptors (Lipinski definition) is 4. The smallest absolute Gasteiger partial charge is 0.305 e. The topological polar surface area (TPSA) is 72.9 Å². The van der Waals surface area contributed by atoms with Crippen LogP contribution in [0.5, 0.6) is 0 Å². The second kappa shape index (κ2) is 7.33. The summed E-state index contributed by atoms with van der Waals surface area (Å²) >= 11 is 0. The van der Waals surface area contributed by atoms with Gasteiger partial charge < -0.3 is 15.3 Å². The van der Waals surface area contributed by atoms with E-state index in [0.29, 0.717) is 6.54 Å². The van der Waals surface area contributed by atoms with Crippen molar-refractivity contribution in [3.8, 4) is 0 Å².